The zero-order valence-corrected chi connectivity index (χ0v) is 11.1. The minimum absolute atomic E-state index is 0.333. The number of benzene rings is 1. The first-order valence-electron chi connectivity index (χ1n) is 6.47. The van der Waals surface area contributed by atoms with Crippen molar-refractivity contribution in [3.63, 3.8) is 0 Å². The molecule has 1 aliphatic carbocycles. The van der Waals surface area contributed by atoms with Gasteiger partial charge in [0, 0.05) is 7.11 Å². The summed E-state index contributed by atoms with van der Waals surface area (Å²) in [6.07, 6.45) is -1.34. The number of methoxy groups -OCH3 is 1. The highest BCUT2D eigenvalue weighted by molar-refractivity contribution is 5.30. The van der Waals surface area contributed by atoms with Gasteiger partial charge in [0.2, 0.25) is 0 Å². The second-order valence-corrected chi connectivity index (χ2v) is 5.19. The van der Waals surface area contributed by atoms with Gasteiger partial charge in [-0.3, -0.25) is 0 Å². The summed E-state index contributed by atoms with van der Waals surface area (Å²) < 4.78 is 56.7. The molecule has 6 heteroatoms. The number of ether oxygens (including phenoxy) is 1. The van der Waals surface area contributed by atoms with Crippen LogP contribution in [0.3, 0.4) is 0 Å². The van der Waals surface area contributed by atoms with Crippen LogP contribution in [0.25, 0.3) is 0 Å². The van der Waals surface area contributed by atoms with Crippen LogP contribution in [-0.4, -0.2) is 12.7 Å². The zero-order valence-electron chi connectivity index (χ0n) is 11.1. The van der Waals surface area contributed by atoms with Gasteiger partial charge < -0.3 is 10.5 Å². The van der Waals surface area contributed by atoms with Gasteiger partial charge in [0.15, 0.2) is 0 Å². The minimum atomic E-state index is -4.70. The zero-order chi connectivity index (χ0) is 15.0. The van der Waals surface area contributed by atoms with Gasteiger partial charge in [-0.05, 0) is 30.5 Å². The van der Waals surface area contributed by atoms with Crippen LogP contribution in [0.4, 0.5) is 17.6 Å². The number of alkyl halides is 3. The molecule has 1 saturated carbocycles. The van der Waals surface area contributed by atoms with E-state index in [-0.39, 0.29) is 0 Å². The normalized spacial score (nSPS) is 20.1. The van der Waals surface area contributed by atoms with E-state index in [1.807, 2.05) is 0 Å². The molecule has 0 aromatic heterocycles. The average Bonchev–Trinajstić information content (AvgIpc) is 2.86. The summed E-state index contributed by atoms with van der Waals surface area (Å²) >= 11 is 0. The Labute approximate surface area is 114 Å². The molecule has 0 bridgehead atoms. The molecule has 1 aromatic carbocycles. The summed E-state index contributed by atoms with van der Waals surface area (Å²) in [5.41, 5.74) is 4.56. The second kappa shape index (κ2) is 5.33. The summed E-state index contributed by atoms with van der Waals surface area (Å²) in [7, 11) is 1.53. The fraction of sp³-hybridized carbons (Fsp3) is 0.571. The molecule has 2 nitrogen and oxygen atoms in total. The van der Waals surface area contributed by atoms with E-state index in [0.29, 0.717) is 5.56 Å². The molecule has 1 atom stereocenters. The Kier molecular flexibility index (Phi) is 4.07. The topological polar surface area (TPSA) is 35.2 Å². The fourth-order valence-electron chi connectivity index (χ4n) is 2.87. The molecular weight excluding hydrogens is 274 g/mol. The van der Waals surface area contributed by atoms with Gasteiger partial charge in [-0.2, -0.15) is 13.2 Å². The Morgan fingerprint density at radius 2 is 1.85 bits per heavy atom. The van der Waals surface area contributed by atoms with Gasteiger partial charge >= 0.3 is 6.18 Å². The van der Waals surface area contributed by atoms with Crippen molar-refractivity contribution in [2.45, 2.75) is 43.5 Å². The highest BCUT2D eigenvalue weighted by atomic mass is 19.4. The molecule has 20 heavy (non-hydrogen) atoms. The lowest BCUT2D eigenvalue weighted by atomic mass is 9.87. The van der Waals surface area contributed by atoms with E-state index in [1.165, 1.54) is 13.2 Å². The van der Waals surface area contributed by atoms with E-state index in [9.17, 15) is 17.6 Å². The lowest BCUT2D eigenvalue weighted by Crippen LogP contribution is -2.40. The van der Waals surface area contributed by atoms with Crippen molar-refractivity contribution >= 4 is 0 Å². The van der Waals surface area contributed by atoms with Gasteiger partial charge in [0.25, 0.3) is 0 Å². The average molecular weight is 291 g/mol. The van der Waals surface area contributed by atoms with Crippen molar-refractivity contribution in [3.8, 4) is 0 Å². The SMILES string of the molecule is COC1(C(N)c2ccc(C(F)(F)F)c(F)c2)CCCC1. The lowest BCUT2D eigenvalue weighted by molar-refractivity contribution is -0.140. The lowest BCUT2D eigenvalue weighted by Gasteiger charge is -2.34. The predicted molar refractivity (Wildman–Crippen MR) is 66.5 cm³/mol. The Morgan fingerprint density at radius 1 is 1.25 bits per heavy atom. The Bertz CT molecular complexity index is 481. The van der Waals surface area contributed by atoms with Crippen molar-refractivity contribution in [1.29, 1.82) is 0 Å². The Balaban J connectivity index is 2.32. The maximum atomic E-state index is 13.6. The molecule has 112 valence electrons. The van der Waals surface area contributed by atoms with Crippen LogP contribution in [0.5, 0.6) is 0 Å². The molecule has 1 aromatic rings. The molecule has 2 N–H and O–H groups in total. The van der Waals surface area contributed by atoms with Crippen molar-refractivity contribution < 1.29 is 22.3 Å². The van der Waals surface area contributed by atoms with Crippen LogP contribution in [-0.2, 0) is 10.9 Å². The van der Waals surface area contributed by atoms with E-state index in [0.717, 1.165) is 37.8 Å². The molecule has 2 rings (SSSR count). The smallest absolute Gasteiger partial charge is 0.376 e. The monoisotopic (exact) mass is 291 g/mol. The van der Waals surface area contributed by atoms with Crippen LogP contribution in [0, 0.1) is 5.82 Å². The van der Waals surface area contributed by atoms with Crippen LogP contribution in [0.1, 0.15) is 42.9 Å². The highest BCUT2D eigenvalue weighted by Gasteiger charge is 2.41. The largest absolute Gasteiger partial charge is 0.419 e. The summed E-state index contributed by atoms with van der Waals surface area (Å²) in [6, 6.07) is 2.21. The van der Waals surface area contributed by atoms with Gasteiger partial charge in [-0.1, -0.05) is 18.9 Å². The number of hydrogen-bond acceptors (Lipinski definition) is 2. The van der Waals surface area contributed by atoms with Crippen LogP contribution in [0.15, 0.2) is 18.2 Å². The summed E-state index contributed by atoms with van der Waals surface area (Å²) in [6.45, 7) is 0. The Morgan fingerprint density at radius 3 is 2.30 bits per heavy atom. The number of hydrogen-bond donors (Lipinski definition) is 1. The van der Waals surface area contributed by atoms with Crippen molar-refractivity contribution in [3.05, 3.63) is 35.1 Å². The first-order chi connectivity index (χ1) is 9.30. The van der Waals surface area contributed by atoms with Crippen LogP contribution < -0.4 is 5.73 Å². The van der Waals surface area contributed by atoms with Crippen LogP contribution >= 0.6 is 0 Å². The van der Waals surface area contributed by atoms with E-state index in [4.69, 9.17) is 10.5 Å². The molecule has 1 fully saturated rings. The highest BCUT2D eigenvalue weighted by Crippen LogP contribution is 2.42. The second-order valence-electron chi connectivity index (χ2n) is 5.19. The molecular formula is C14H17F4NO. The first kappa shape index (κ1) is 15.3. The molecule has 0 radical (unpaired) electrons. The first-order valence-corrected chi connectivity index (χ1v) is 6.47. The van der Waals surface area contributed by atoms with E-state index >= 15 is 0 Å². The third-order valence-electron chi connectivity index (χ3n) is 4.08. The van der Waals surface area contributed by atoms with E-state index in [2.05, 4.69) is 0 Å². The van der Waals surface area contributed by atoms with Gasteiger partial charge in [0.05, 0.1) is 17.2 Å². The number of halogens is 4. The van der Waals surface area contributed by atoms with Crippen molar-refractivity contribution in [2.75, 3.05) is 7.11 Å². The molecule has 0 aliphatic heterocycles. The van der Waals surface area contributed by atoms with Crippen molar-refractivity contribution in [1.82, 2.24) is 0 Å². The van der Waals surface area contributed by atoms with Crippen molar-refractivity contribution in [2.24, 2.45) is 5.73 Å². The third-order valence-corrected chi connectivity index (χ3v) is 4.08. The van der Waals surface area contributed by atoms with Gasteiger partial charge in [-0.25, -0.2) is 4.39 Å². The number of rotatable bonds is 3. The quantitative estimate of drug-likeness (QED) is 0.860. The predicted octanol–water partition coefficient (Wildman–Crippen LogP) is 3.80. The molecule has 1 unspecified atom stereocenters. The van der Waals surface area contributed by atoms with Gasteiger partial charge in [-0.15, -0.1) is 0 Å². The standard InChI is InChI=1S/C14H17F4NO/c1-20-13(6-2-3-7-13)12(19)9-4-5-10(11(15)8-9)14(16,17)18/h4-5,8,12H,2-3,6-7,19H2,1H3. The fourth-order valence-corrected chi connectivity index (χ4v) is 2.87. The summed E-state index contributed by atoms with van der Waals surface area (Å²) in [5.74, 6) is -1.30. The molecule has 0 amide bonds. The Hall–Kier alpha value is -1.14. The summed E-state index contributed by atoms with van der Waals surface area (Å²) in [5, 5.41) is 0. The molecule has 0 spiro atoms. The van der Waals surface area contributed by atoms with E-state index < -0.39 is 29.2 Å². The van der Waals surface area contributed by atoms with E-state index in [1.54, 1.807) is 0 Å². The molecule has 1 aliphatic rings. The van der Waals surface area contributed by atoms with Crippen LogP contribution in [0.2, 0.25) is 0 Å². The minimum Gasteiger partial charge on any atom is -0.376 e. The van der Waals surface area contributed by atoms with Gasteiger partial charge in [0.1, 0.15) is 5.82 Å². The number of nitrogens with two attached hydrogens (primary N) is 1. The molecule has 0 saturated heterocycles. The maximum Gasteiger partial charge on any atom is 0.419 e. The maximum absolute atomic E-state index is 13.6. The summed E-state index contributed by atoms with van der Waals surface area (Å²) in [4.78, 5) is 0. The molecule has 0 heterocycles. The third kappa shape index (κ3) is 2.67.